The van der Waals surface area contributed by atoms with Crippen molar-refractivity contribution in [3.8, 4) is 6.07 Å². The van der Waals surface area contributed by atoms with E-state index < -0.39 is 0 Å². The minimum Gasteiger partial charge on any atom is -0.270 e. The van der Waals surface area contributed by atoms with E-state index in [1.54, 1.807) is 0 Å². The highest BCUT2D eigenvalue weighted by atomic mass is 14.8. The SMILES string of the molecule is Cc1ccc(C2=N[C@@H](C#N)[C@H](c3ccccc3)C2)cc1. The highest BCUT2D eigenvalue weighted by Gasteiger charge is 2.30. The van der Waals surface area contributed by atoms with E-state index in [1.165, 1.54) is 11.1 Å². The van der Waals surface area contributed by atoms with Crippen LogP contribution in [0.15, 0.2) is 59.6 Å². The predicted octanol–water partition coefficient (Wildman–Crippen LogP) is 3.86. The van der Waals surface area contributed by atoms with E-state index in [9.17, 15) is 5.26 Å². The lowest BCUT2D eigenvalue weighted by Gasteiger charge is -2.12. The van der Waals surface area contributed by atoms with E-state index in [2.05, 4.69) is 54.4 Å². The van der Waals surface area contributed by atoms with E-state index in [0.717, 1.165) is 17.7 Å². The van der Waals surface area contributed by atoms with Crippen LogP contribution in [-0.4, -0.2) is 11.8 Å². The summed E-state index contributed by atoms with van der Waals surface area (Å²) < 4.78 is 0. The number of hydrogen-bond acceptors (Lipinski definition) is 2. The van der Waals surface area contributed by atoms with Crippen LogP contribution in [0.4, 0.5) is 0 Å². The number of rotatable bonds is 2. The summed E-state index contributed by atoms with van der Waals surface area (Å²) in [6, 6.07) is 20.7. The van der Waals surface area contributed by atoms with E-state index in [-0.39, 0.29) is 12.0 Å². The Balaban J connectivity index is 1.90. The molecule has 0 saturated heterocycles. The molecule has 98 valence electrons. The van der Waals surface area contributed by atoms with Gasteiger partial charge in [0.2, 0.25) is 0 Å². The molecule has 1 heterocycles. The second-order valence-corrected chi connectivity index (χ2v) is 5.24. The summed E-state index contributed by atoms with van der Waals surface area (Å²) in [5, 5.41) is 9.35. The van der Waals surface area contributed by atoms with Crippen LogP contribution in [0, 0.1) is 18.3 Å². The van der Waals surface area contributed by atoms with Gasteiger partial charge in [-0.25, -0.2) is 0 Å². The van der Waals surface area contributed by atoms with Gasteiger partial charge in [0.1, 0.15) is 6.04 Å². The van der Waals surface area contributed by atoms with Crippen molar-refractivity contribution in [2.24, 2.45) is 4.99 Å². The molecular weight excluding hydrogens is 244 g/mol. The lowest BCUT2D eigenvalue weighted by Crippen LogP contribution is -2.09. The van der Waals surface area contributed by atoms with Gasteiger partial charge >= 0.3 is 0 Å². The monoisotopic (exact) mass is 260 g/mol. The molecule has 3 rings (SSSR count). The van der Waals surface area contributed by atoms with Crippen molar-refractivity contribution in [3.05, 3.63) is 71.3 Å². The maximum absolute atomic E-state index is 9.35. The van der Waals surface area contributed by atoms with Gasteiger partial charge in [-0.3, -0.25) is 4.99 Å². The Morgan fingerprint density at radius 1 is 1.05 bits per heavy atom. The molecule has 0 saturated carbocycles. The Labute approximate surface area is 119 Å². The predicted molar refractivity (Wildman–Crippen MR) is 80.9 cm³/mol. The van der Waals surface area contributed by atoms with Crippen LogP contribution in [0.1, 0.15) is 29.0 Å². The van der Waals surface area contributed by atoms with Gasteiger partial charge in [0, 0.05) is 11.6 Å². The van der Waals surface area contributed by atoms with Crippen molar-refractivity contribution in [2.45, 2.75) is 25.3 Å². The third kappa shape index (κ3) is 2.35. The van der Waals surface area contributed by atoms with Crippen LogP contribution in [0.5, 0.6) is 0 Å². The van der Waals surface area contributed by atoms with Crippen LogP contribution < -0.4 is 0 Å². The summed E-state index contributed by atoms with van der Waals surface area (Å²) in [5.41, 5.74) is 4.62. The third-order valence-corrected chi connectivity index (χ3v) is 3.83. The summed E-state index contributed by atoms with van der Waals surface area (Å²) in [4.78, 5) is 4.62. The molecule has 0 aromatic heterocycles. The van der Waals surface area contributed by atoms with Gasteiger partial charge in [0.15, 0.2) is 0 Å². The third-order valence-electron chi connectivity index (χ3n) is 3.83. The standard InChI is InChI=1S/C18H16N2/c1-13-7-9-15(10-8-13)17-11-16(18(12-19)20-17)14-5-3-2-4-6-14/h2-10,16,18H,11H2,1H3/t16-,18-/m0/s1. The molecule has 2 atom stereocenters. The Hall–Kier alpha value is -2.40. The maximum Gasteiger partial charge on any atom is 0.144 e. The molecule has 2 heteroatoms. The molecule has 0 unspecified atom stereocenters. The van der Waals surface area contributed by atoms with Gasteiger partial charge in [-0.1, -0.05) is 60.2 Å². The van der Waals surface area contributed by atoms with Crippen LogP contribution in [0.3, 0.4) is 0 Å². The molecule has 0 aliphatic carbocycles. The zero-order valence-corrected chi connectivity index (χ0v) is 11.5. The molecule has 0 bridgehead atoms. The van der Waals surface area contributed by atoms with Gasteiger partial charge in [0.05, 0.1) is 6.07 Å². The number of benzene rings is 2. The van der Waals surface area contributed by atoms with E-state index in [0.29, 0.717) is 0 Å². The van der Waals surface area contributed by atoms with E-state index in [4.69, 9.17) is 0 Å². The number of nitrogens with zero attached hydrogens (tertiary/aromatic N) is 2. The fraction of sp³-hybridized carbons (Fsp3) is 0.222. The summed E-state index contributed by atoms with van der Waals surface area (Å²) in [6.07, 6.45) is 0.839. The molecule has 2 aromatic rings. The Bertz CT molecular complexity index is 663. The van der Waals surface area contributed by atoms with Crippen molar-refractivity contribution in [1.82, 2.24) is 0 Å². The summed E-state index contributed by atoms with van der Waals surface area (Å²) in [7, 11) is 0. The van der Waals surface area contributed by atoms with Crippen molar-refractivity contribution < 1.29 is 0 Å². The van der Waals surface area contributed by atoms with Crippen molar-refractivity contribution >= 4 is 5.71 Å². The second kappa shape index (κ2) is 5.30. The first kappa shape index (κ1) is 12.6. The molecule has 2 aromatic carbocycles. The van der Waals surface area contributed by atoms with Gasteiger partial charge in [-0.15, -0.1) is 0 Å². The number of aliphatic imine (C=N–C) groups is 1. The van der Waals surface area contributed by atoms with Crippen molar-refractivity contribution in [1.29, 1.82) is 5.26 Å². The lowest BCUT2D eigenvalue weighted by molar-refractivity contribution is 0.687. The maximum atomic E-state index is 9.35. The average molecular weight is 260 g/mol. The minimum atomic E-state index is -0.270. The molecule has 1 aliphatic heterocycles. The zero-order chi connectivity index (χ0) is 13.9. The Kier molecular flexibility index (Phi) is 3.35. The first-order valence-electron chi connectivity index (χ1n) is 6.86. The molecule has 20 heavy (non-hydrogen) atoms. The van der Waals surface area contributed by atoms with Crippen molar-refractivity contribution in [3.63, 3.8) is 0 Å². The van der Waals surface area contributed by atoms with E-state index in [1.807, 2.05) is 18.2 Å². The topological polar surface area (TPSA) is 36.1 Å². The quantitative estimate of drug-likeness (QED) is 0.807. The van der Waals surface area contributed by atoms with Crippen LogP contribution >= 0.6 is 0 Å². The first-order chi connectivity index (χ1) is 9.78. The van der Waals surface area contributed by atoms with Gasteiger partial charge < -0.3 is 0 Å². The second-order valence-electron chi connectivity index (χ2n) is 5.24. The molecule has 1 aliphatic rings. The minimum absolute atomic E-state index is 0.178. The zero-order valence-electron chi connectivity index (χ0n) is 11.5. The van der Waals surface area contributed by atoms with Crippen LogP contribution in [0.2, 0.25) is 0 Å². The lowest BCUT2D eigenvalue weighted by atomic mass is 9.89. The smallest absolute Gasteiger partial charge is 0.144 e. The molecule has 0 amide bonds. The van der Waals surface area contributed by atoms with Crippen LogP contribution in [-0.2, 0) is 0 Å². The van der Waals surface area contributed by atoms with Crippen LogP contribution in [0.25, 0.3) is 0 Å². The highest BCUT2D eigenvalue weighted by Crippen LogP contribution is 2.33. The first-order valence-corrected chi connectivity index (χ1v) is 6.86. The van der Waals surface area contributed by atoms with Crippen molar-refractivity contribution in [2.75, 3.05) is 0 Å². The van der Waals surface area contributed by atoms with E-state index >= 15 is 0 Å². The summed E-state index contributed by atoms with van der Waals surface area (Å²) >= 11 is 0. The highest BCUT2D eigenvalue weighted by molar-refractivity contribution is 6.02. The fourth-order valence-corrected chi connectivity index (χ4v) is 2.69. The number of aryl methyl sites for hydroxylation is 1. The molecule has 0 spiro atoms. The average Bonchev–Trinajstić information content (AvgIpc) is 2.93. The molecule has 0 radical (unpaired) electrons. The Morgan fingerprint density at radius 3 is 2.40 bits per heavy atom. The normalized spacial score (nSPS) is 21.3. The molecule has 0 fully saturated rings. The summed E-state index contributed by atoms with van der Waals surface area (Å²) in [5.74, 6) is 0.178. The van der Waals surface area contributed by atoms with Gasteiger partial charge in [-0.05, 0) is 24.5 Å². The largest absolute Gasteiger partial charge is 0.270 e. The molecule has 2 nitrogen and oxygen atoms in total. The number of hydrogen-bond donors (Lipinski definition) is 0. The van der Waals surface area contributed by atoms with Gasteiger partial charge in [-0.2, -0.15) is 5.26 Å². The fourth-order valence-electron chi connectivity index (χ4n) is 2.69. The molecular formula is C18H16N2. The number of nitriles is 1. The molecule has 0 N–H and O–H groups in total. The summed E-state index contributed by atoms with van der Waals surface area (Å²) in [6.45, 7) is 2.07. The van der Waals surface area contributed by atoms with Gasteiger partial charge in [0.25, 0.3) is 0 Å². The Morgan fingerprint density at radius 2 is 1.75 bits per heavy atom.